The van der Waals surface area contributed by atoms with E-state index in [1.54, 1.807) is 0 Å². The average Bonchev–Trinajstić information content (AvgIpc) is 2.55. The molecule has 0 aromatic heterocycles. The second-order valence-electron chi connectivity index (χ2n) is 4.43. The summed E-state index contributed by atoms with van der Waals surface area (Å²) in [5.74, 6) is 0. The van der Waals surface area contributed by atoms with E-state index in [0.29, 0.717) is 6.04 Å². The highest BCUT2D eigenvalue weighted by molar-refractivity contribution is 5.75. The van der Waals surface area contributed by atoms with Crippen molar-refractivity contribution in [3.8, 4) is 0 Å². The topological polar surface area (TPSA) is 58.4 Å². The van der Waals surface area contributed by atoms with E-state index in [1.807, 2.05) is 4.90 Å². The van der Waals surface area contributed by atoms with Gasteiger partial charge in [-0.2, -0.15) is 0 Å². The summed E-state index contributed by atoms with van der Waals surface area (Å²) in [7, 11) is 0. The molecule has 0 radical (unpaired) electrons. The van der Waals surface area contributed by atoms with E-state index in [4.69, 9.17) is 5.73 Å². The lowest BCUT2D eigenvalue weighted by atomic mass is 9.90. The molecular weight excluding hydrogens is 190 g/mol. The largest absolute Gasteiger partial charge is 0.387 e. The molecule has 0 saturated carbocycles. The summed E-state index contributed by atoms with van der Waals surface area (Å²) in [6.45, 7) is 0.912. The zero-order valence-corrected chi connectivity index (χ0v) is 8.57. The molecule has 3 N–H and O–H groups in total. The van der Waals surface area contributed by atoms with Crippen LogP contribution in [0.4, 0.5) is 4.79 Å². The monoisotopic (exact) mass is 205 g/mol. The highest BCUT2D eigenvalue weighted by atomic mass is 16.2. The Kier molecular flexibility index (Phi) is 1.78. The first-order valence-corrected chi connectivity index (χ1v) is 5.48. The summed E-state index contributed by atoms with van der Waals surface area (Å²) in [4.78, 5) is 13.2. The number of hydrogen-bond acceptors (Lipinski definition) is 2. The van der Waals surface area contributed by atoms with Gasteiger partial charge in [-0.3, -0.25) is 0 Å². The fourth-order valence-corrected chi connectivity index (χ4v) is 3.05. The highest BCUT2D eigenvalue weighted by Crippen LogP contribution is 2.41. The lowest BCUT2D eigenvalue weighted by molar-refractivity contribution is 0.182. The summed E-state index contributed by atoms with van der Waals surface area (Å²) in [6, 6.07) is 0.294. The second kappa shape index (κ2) is 3.02. The predicted molar refractivity (Wildman–Crippen MR) is 57.0 cm³/mol. The van der Waals surface area contributed by atoms with Crippen LogP contribution < -0.4 is 11.1 Å². The van der Waals surface area contributed by atoms with Crippen LogP contribution in [0.2, 0.25) is 0 Å². The first kappa shape index (κ1) is 8.83. The Morgan fingerprint density at radius 3 is 3.20 bits per heavy atom. The Labute approximate surface area is 88.8 Å². The number of dihydropyridines is 1. The van der Waals surface area contributed by atoms with Gasteiger partial charge in [0.1, 0.15) is 0 Å². The molecule has 0 aromatic rings. The molecule has 2 bridgehead atoms. The average molecular weight is 205 g/mol. The van der Waals surface area contributed by atoms with Crippen LogP contribution in [-0.2, 0) is 0 Å². The van der Waals surface area contributed by atoms with Gasteiger partial charge in [-0.25, -0.2) is 4.79 Å². The smallest absolute Gasteiger partial charge is 0.315 e. The van der Waals surface area contributed by atoms with E-state index in [9.17, 15) is 4.79 Å². The van der Waals surface area contributed by atoms with Crippen LogP contribution in [0.5, 0.6) is 0 Å². The number of fused-ring (bicyclic) bond motifs is 4. The van der Waals surface area contributed by atoms with Crippen molar-refractivity contribution in [2.24, 2.45) is 5.73 Å². The number of nitrogens with two attached hydrogens (primary N) is 1. The van der Waals surface area contributed by atoms with Gasteiger partial charge < -0.3 is 16.0 Å². The van der Waals surface area contributed by atoms with Gasteiger partial charge in [-0.15, -0.1) is 0 Å². The zero-order valence-electron chi connectivity index (χ0n) is 8.57. The van der Waals surface area contributed by atoms with Gasteiger partial charge in [0.25, 0.3) is 0 Å². The minimum atomic E-state index is -0.270. The number of urea groups is 1. The van der Waals surface area contributed by atoms with E-state index in [0.717, 1.165) is 25.8 Å². The molecule has 3 aliphatic rings. The van der Waals surface area contributed by atoms with Crippen molar-refractivity contribution in [3.05, 3.63) is 23.4 Å². The van der Waals surface area contributed by atoms with Crippen LogP contribution in [0, 0.1) is 0 Å². The summed E-state index contributed by atoms with van der Waals surface area (Å²) in [5.41, 5.74) is 8.12. The summed E-state index contributed by atoms with van der Waals surface area (Å²) in [6.07, 6.45) is 7.41. The van der Waals surface area contributed by atoms with Gasteiger partial charge in [0, 0.05) is 18.8 Å². The third-order valence-corrected chi connectivity index (χ3v) is 3.67. The maximum atomic E-state index is 11.4. The molecule has 0 spiro atoms. The van der Waals surface area contributed by atoms with Crippen LogP contribution in [-0.4, -0.2) is 29.6 Å². The Balaban J connectivity index is 1.99. The summed E-state index contributed by atoms with van der Waals surface area (Å²) < 4.78 is 0. The van der Waals surface area contributed by atoms with E-state index >= 15 is 0 Å². The van der Waals surface area contributed by atoms with Crippen LogP contribution in [0.15, 0.2) is 23.4 Å². The Morgan fingerprint density at radius 2 is 2.40 bits per heavy atom. The predicted octanol–water partition coefficient (Wildman–Crippen LogP) is 0.715. The van der Waals surface area contributed by atoms with Crippen molar-refractivity contribution < 1.29 is 4.79 Å². The number of carbonyl (C=O) groups excluding carboxylic acids is 1. The molecule has 3 heterocycles. The van der Waals surface area contributed by atoms with Crippen molar-refractivity contribution in [2.45, 2.75) is 31.3 Å². The maximum Gasteiger partial charge on any atom is 0.315 e. The number of hydrogen-bond donors (Lipinski definition) is 2. The first-order chi connectivity index (χ1) is 7.27. The molecule has 0 aliphatic carbocycles. The number of amides is 2. The molecule has 2 atom stereocenters. The maximum absolute atomic E-state index is 11.4. The molecule has 2 saturated heterocycles. The molecule has 2 unspecified atom stereocenters. The first-order valence-electron chi connectivity index (χ1n) is 5.48. The molecule has 2 fully saturated rings. The normalized spacial score (nSPS) is 32.7. The second-order valence-corrected chi connectivity index (χ2v) is 4.43. The van der Waals surface area contributed by atoms with Gasteiger partial charge in [-0.1, -0.05) is 6.08 Å². The summed E-state index contributed by atoms with van der Waals surface area (Å²) >= 11 is 0. The number of nitrogens with one attached hydrogen (secondary N) is 1. The Bertz CT molecular complexity index is 372. The van der Waals surface area contributed by atoms with Crippen LogP contribution >= 0.6 is 0 Å². The van der Waals surface area contributed by atoms with E-state index in [2.05, 4.69) is 17.6 Å². The molecule has 2 amide bonds. The molecule has 3 rings (SSSR count). The fraction of sp³-hybridized carbons (Fsp3) is 0.545. The van der Waals surface area contributed by atoms with E-state index in [1.165, 1.54) is 11.1 Å². The minimum absolute atomic E-state index is 0.222. The number of primary amides is 1. The zero-order chi connectivity index (χ0) is 10.4. The SMILES string of the molecule is NC(=O)N1C2CCC1C1=CNCC=C1C2. The van der Waals surface area contributed by atoms with E-state index in [-0.39, 0.29) is 12.1 Å². The van der Waals surface area contributed by atoms with Gasteiger partial charge in [-0.05, 0) is 30.4 Å². The summed E-state index contributed by atoms with van der Waals surface area (Å²) in [5, 5.41) is 3.21. The van der Waals surface area contributed by atoms with Gasteiger partial charge in [0.2, 0.25) is 0 Å². The van der Waals surface area contributed by atoms with Crippen molar-refractivity contribution in [3.63, 3.8) is 0 Å². The van der Waals surface area contributed by atoms with Crippen LogP contribution in [0.25, 0.3) is 0 Å². The Hall–Kier alpha value is -1.45. The lowest BCUT2D eigenvalue weighted by Gasteiger charge is -2.38. The van der Waals surface area contributed by atoms with Crippen LogP contribution in [0.1, 0.15) is 19.3 Å². The van der Waals surface area contributed by atoms with Crippen molar-refractivity contribution >= 4 is 6.03 Å². The number of rotatable bonds is 0. The standard InChI is InChI=1S/C11H15N3O/c12-11(15)14-8-1-2-10(14)9-6-13-4-3-7(9)5-8/h3,6,8,10,13H,1-2,4-5H2,(H2,12,15). The molecule has 15 heavy (non-hydrogen) atoms. The highest BCUT2D eigenvalue weighted by Gasteiger charge is 2.43. The third-order valence-electron chi connectivity index (χ3n) is 3.67. The Morgan fingerprint density at radius 1 is 1.53 bits per heavy atom. The lowest BCUT2D eigenvalue weighted by Crippen LogP contribution is -2.49. The quantitative estimate of drug-likeness (QED) is 0.612. The van der Waals surface area contributed by atoms with Gasteiger partial charge >= 0.3 is 6.03 Å². The minimum Gasteiger partial charge on any atom is -0.387 e. The van der Waals surface area contributed by atoms with E-state index < -0.39 is 0 Å². The van der Waals surface area contributed by atoms with Gasteiger partial charge in [0.05, 0.1) is 6.04 Å². The van der Waals surface area contributed by atoms with Gasteiger partial charge in [0.15, 0.2) is 0 Å². The van der Waals surface area contributed by atoms with Crippen LogP contribution in [0.3, 0.4) is 0 Å². The number of carbonyl (C=O) groups is 1. The molecule has 4 heteroatoms. The van der Waals surface area contributed by atoms with Crippen molar-refractivity contribution in [2.75, 3.05) is 6.54 Å². The number of piperidine rings is 1. The molecule has 0 aromatic carbocycles. The van der Waals surface area contributed by atoms with Crippen molar-refractivity contribution in [1.82, 2.24) is 10.2 Å². The number of nitrogens with zero attached hydrogens (tertiary/aromatic N) is 1. The molecule has 3 aliphatic heterocycles. The molecular formula is C11H15N3O. The molecule has 80 valence electrons. The van der Waals surface area contributed by atoms with Crippen molar-refractivity contribution in [1.29, 1.82) is 0 Å². The third kappa shape index (κ3) is 1.17. The fourth-order valence-electron chi connectivity index (χ4n) is 3.05. The molecule has 4 nitrogen and oxygen atoms in total.